The number of amides is 1. The van der Waals surface area contributed by atoms with Crippen LogP contribution in [0.1, 0.15) is 24.8 Å². The van der Waals surface area contributed by atoms with Crippen LogP contribution in [0.25, 0.3) is 0 Å². The van der Waals surface area contributed by atoms with Crippen LogP contribution in [-0.4, -0.2) is 40.1 Å². The standard InChI is InChI=1S/C21H26N2O4S/c1-17-9-11-20(12-10-17)28(25,26)23(18-6-3-2-4-7-18)14-13-21(24)22-16-19-8-5-15-27-19/h2-4,6-7,9-12,19H,5,8,13-16H2,1H3,(H,22,24). The number of hydrogen-bond donors (Lipinski definition) is 1. The molecule has 150 valence electrons. The normalized spacial score (nSPS) is 16.7. The SMILES string of the molecule is Cc1ccc(S(=O)(=O)N(CCC(=O)NCC2CCCO2)c2ccccc2)cc1. The number of nitrogens with zero attached hydrogens (tertiary/aromatic N) is 1. The highest BCUT2D eigenvalue weighted by Gasteiger charge is 2.25. The van der Waals surface area contributed by atoms with E-state index in [0.29, 0.717) is 12.2 Å². The van der Waals surface area contributed by atoms with Gasteiger partial charge < -0.3 is 10.1 Å². The number of anilines is 1. The van der Waals surface area contributed by atoms with Crippen LogP contribution < -0.4 is 9.62 Å². The lowest BCUT2D eigenvalue weighted by Gasteiger charge is -2.24. The number of carbonyl (C=O) groups is 1. The number of aryl methyl sites for hydroxylation is 1. The summed E-state index contributed by atoms with van der Waals surface area (Å²) in [6.45, 7) is 3.17. The first kappa shape index (κ1) is 20.4. The van der Waals surface area contributed by atoms with Gasteiger partial charge in [0.25, 0.3) is 10.0 Å². The van der Waals surface area contributed by atoms with Crippen LogP contribution in [0.15, 0.2) is 59.5 Å². The average Bonchev–Trinajstić information content (AvgIpc) is 3.21. The smallest absolute Gasteiger partial charge is 0.264 e. The zero-order valence-corrected chi connectivity index (χ0v) is 16.8. The van der Waals surface area contributed by atoms with E-state index in [0.717, 1.165) is 25.0 Å². The predicted octanol–water partition coefficient (Wildman–Crippen LogP) is 2.88. The van der Waals surface area contributed by atoms with Gasteiger partial charge in [-0.05, 0) is 44.0 Å². The second-order valence-electron chi connectivity index (χ2n) is 6.91. The van der Waals surface area contributed by atoms with E-state index in [-0.39, 0.29) is 29.9 Å². The van der Waals surface area contributed by atoms with E-state index in [1.807, 2.05) is 13.0 Å². The van der Waals surface area contributed by atoms with Gasteiger partial charge in [0, 0.05) is 26.1 Å². The van der Waals surface area contributed by atoms with Gasteiger partial charge in [0.15, 0.2) is 0 Å². The molecule has 1 aliphatic rings. The van der Waals surface area contributed by atoms with Gasteiger partial charge in [-0.15, -0.1) is 0 Å². The number of benzene rings is 2. The van der Waals surface area contributed by atoms with Crippen molar-refractivity contribution in [3.8, 4) is 0 Å². The fourth-order valence-electron chi connectivity index (χ4n) is 3.14. The number of rotatable bonds is 8. The molecule has 1 atom stereocenters. The molecule has 1 unspecified atom stereocenters. The molecular weight excluding hydrogens is 376 g/mol. The zero-order chi connectivity index (χ0) is 20.0. The predicted molar refractivity (Wildman–Crippen MR) is 109 cm³/mol. The van der Waals surface area contributed by atoms with Crippen LogP contribution in [0.2, 0.25) is 0 Å². The summed E-state index contributed by atoms with van der Waals surface area (Å²) in [7, 11) is -3.77. The summed E-state index contributed by atoms with van der Waals surface area (Å²) >= 11 is 0. The third-order valence-electron chi connectivity index (χ3n) is 4.75. The molecule has 1 amide bonds. The van der Waals surface area contributed by atoms with Gasteiger partial charge in [0.1, 0.15) is 0 Å². The summed E-state index contributed by atoms with van der Waals surface area (Å²) in [5, 5.41) is 2.84. The lowest BCUT2D eigenvalue weighted by atomic mass is 10.2. The largest absolute Gasteiger partial charge is 0.376 e. The maximum Gasteiger partial charge on any atom is 0.264 e. The fourth-order valence-corrected chi connectivity index (χ4v) is 4.61. The van der Waals surface area contributed by atoms with Gasteiger partial charge in [-0.25, -0.2) is 8.42 Å². The van der Waals surface area contributed by atoms with Crippen molar-refractivity contribution < 1.29 is 17.9 Å². The summed E-state index contributed by atoms with van der Waals surface area (Å²) in [4.78, 5) is 12.5. The average molecular weight is 403 g/mol. The molecule has 0 aliphatic carbocycles. The Morgan fingerprint density at radius 3 is 2.50 bits per heavy atom. The Labute approximate surface area is 166 Å². The van der Waals surface area contributed by atoms with Crippen LogP contribution in [0.5, 0.6) is 0 Å². The Morgan fingerprint density at radius 2 is 1.86 bits per heavy atom. The number of hydrogen-bond acceptors (Lipinski definition) is 4. The van der Waals surface area contributed by atoms with Crippen molar-refractivity contribution >= 4 is 21.6 Å². The van der Waals surface area contributed by atoms with E-state index in [2.05, 4.69) is 5.32 Å². The second kappa shape index (κ2) is 9.21. The molecule has 2 aromatic carbocycles. The lowest BCUT2D eigenvalue weighted by molar-refractivity contribution is -0.121. The van der Waals surface area contributed by atoms with Crippen molar-refractivity contribution in [2.75, 3.05) is 24.0 Å². The molecule has 3 rings (SSSR count). The van der Waals surface area contributed by atoms with E-state index in [1.54, 1.807) is 48.5 Å². The Hall–Kier alpha value is -2.38. The van der Waals surface area contributed by atoms with E-state index in [1.165, 1.54) is 4.31 Å². The van der Waals surface area contributed by atoms with Crippen LogP contribution in [0, 0.1) is 6.92 Å². The lowest BCUT2D eigenvalue weighted by Crippen LogP contribution is -2.37. The van der Waals surface area contributed by atoms with E-state index >= 15 is 0 Å². The van der Waals surface area contributed by atoms with E-state index in [4.69, 9.17) is 4.74 Å². The molecule has 28 heavy (non-hydrogen) atoms. The molecule has 1 N–H and O–H groups in total. The first-order valence-corrected chi connectivity index (χ1v) is 10.9. The highest BCUT2D eigenvalue weighted by molar-refractivity contribution is 7.92. The topological polar surface area (TPSA) is 75.7 Å². The van der Waals surface area contributed by atoms with Crippen molar-refractivity contribution in [1.82, 2.24) is 5.32 Å². The monoisotopic (exact) mass is 402 g/mol. The minimum atomic E-state index is -3.77. The summed E-state index contributed by atoms with van der Waals surface area (Å²) < 4.78 is 33.2. The van der Waals surface area contributed by atoms with Crippen LogP contribution in [0.4, 0.5) is 5.69 Å². The quantitative estimate of drug-likeness (QED) is 0.737. The molecule has 1 heterocycles. The van der Waals surface area contributed by atoms with Gasteiger partial charge in [-0.2, -0.15) is 0 Å². The zero-order valence-electron chi connectivity index (χ0n) is 16.0. The van der Waals surface area contributed by atoms with Gasteiger partial charge in [0.2, 0.25) is 5.91 Å². The highest BCUT2D eigenvalue weighted by Crippen LogP contribution is 2.24. The van der Waals surface area contributed by atoms with Crippen LogP contribution in [-0.2, 0) is 19.6 Å². The molecule has 2 aromatic rings. The first-order chi connectivity index (χ1) is 13.5. The molecule has 1 fully saturated rings. The van der Waals surface area contributed by atoms with Crippen molar-refractivity contribution in [2.45, 2.75) is 37.2 Å². The van der Waals surface area contributed by atoms with Crippen LogP contribution >= 0.6 is 0 Å². The van der Waals surface area contributed by atoms with Crippen molar-refractivity contribution in [1.29, 1.82) is 0 Å². The second-order valence-corrected chi connectivity index (χ2v) is 8.78. The minimum absolute atomic E-state index is 0.0606. The van der Waals surface area contributed by atoms with E-state index in [9.17, 15) is 13.2 Å². The molecule has 0 spiro atoms. The number of para-hydroxylation sites is 1. The molecule has 6 nitrogen and oxygen atoms in total. The molecule has 1 aliphatic heterocycles. The molecule has 0 bridgehead atoms. The molecule has 0 aromatic heterocycles. The van der Waals surface area contributed by atoms with Gasteiger partial charge in [0.05, 0.1) is 16.7 Å². The number of nitrogens with one attached hydrogen (secondary N) is 1. The Balaban J connectivity index is 1.72. The highest BCUT2D eigenvalue weighted by atomic mass is 32.2. The Bertz CT molecular complexity index is 876. The van der Waals surface area contributed by atoms with Crippen LogP contribution in [0.3, 0.4) is 0 Å². The summed E-state index contributed by atoms with van der Waals surface area (Å²) in [6.07, 6.45) is 2.09. The van der Waals surface area contributed by atoms with Gasteiger partial charge in [-0.1, -0.05) is 35.9 Å². The minimum Gasteiger partial charge on any atom is -0.376 e. The molecule has 0 radical (unpaired) electrons. The number of ether oxygens (including phenoxy) is 1. The van der Waals surface area contributed by atoms with Crippen molar-refractivity contribution in [2.24, 2.45) is 0 Å². The maximum absolute atomic E-state index is 13.2. The molecular formula is C21H26N2O4S. The molecule has 0 saturated carbocycles. The fraction of sp³-hybridized carbons (Fsp3) is 0.381. The first-order valence-electron chi connectivity index (χ1n) is 9.49. The maximum atomic E-state index is 13.2. The summed E-state index contributed by atoms with van der Waals surface area (Å²) in [5.74, 6) is -0.185. The summed E-state index contributed by atoms with van der Waals surface area (Å²) in [5.41, 5.74) is 1.52. The Kier molecular flexibility index (Phi) is 6.70. The number of carbonyl (C=O) groups excluding carboxylic acids is 1. The van der Waals surface area contributed by atoms with E-state index < -0.39 is 10.0 Å². The third kappa shape index (κ3) is 5.11. The molecule has 1 saturated heterocycles. The third-order valence-corrected chi connectivity index (χ3v) is 6.59. The van der Waals surface area contributed by atoms with Crippen molar-refractivity contribution in [3.05, 3.63) is 60.2 Å². The van der Waals surface area contributed by atoms with Gasteiger partial charge >= 0.3 is 0 Å². The summed E-state index contributed by atoms with van der Waals surface area (Å²) in [6, 6.07) is 15.6. The Morgan fingerprint density at radius 1 is 1.14 bits per heavy atom. The van der Waals surface area contributed by atoms with Crippen molar-refractivity contribution in [3.63, 3.8) is 0 Å². The molecule has 7 heteroatoms. The number of sulfonamides is 1. The van der Waals surface area contributed by atoms with Gasteiger partial charge in [-0.3, -0.25) is 9.10 Å².